The third-order valence-electron chi connectivity index (χ3n) is 4.81. The minimum atomic E-state index is -0.198. The second-order valence-corrected chi connectivity index (χ2v) is 6.76. The Labute approximate surface area is 153 Å². The second kappa shape index (κ2) is 8.04. The molecule has 5 nitrogen and oxygen atoms in total. The van der Waals surface area contributed by atoms with E-state index in [1.54, 1.807) is 17.2 Å². The Balaban J connectivity index is 1.81. The molecular weight excluding hydrogens is 328 g/mol. The first-order valence-corrected chi connectivity index (χ1v) is 8.99. The van der Waals surface area contributed by atoms with Gasteiger partial charge in [-0.1, -0.05) is 38.0 Å². The van der Waals surface area contributed by atoms with Crippen LogP contribution in [0.2, 0.25) is 0 Å². The van der Waals surface area contributed by atoms with E-state index in [-0.39, 0.29) is 23.4 Å². The molecule has 0 bridgehead atoms. The van der Waals surface area contributed by atoms with Crippen molar-refractivity contribution in [3.05, 3.63) is 60.3 Å². The van der Waals surface area contributed by atoms with Crippen molar-refractivity contribution in [2.24, 2.45) is 0 Å². The van der Waals surface area contributed by atoms with Gasteiger partial charge in [0.05, 0.1) is 0 Å². The molecule has 2 aromatic rings. The summed E-state index contributed by atoms with van der Waals surface area (Å²) in [4.78, 5) is 19.3. The van der Waals surface area contributed by atoms with Crippen LogP contribution < -0.4 is 4.90 Å². The highest BCUT2D eigenvalue weighted by Crippen LogP contribution is 2.29. The van der Waals surface area contributed by atoms with Gasteiger partial charge in [0.1, 0.15) is 5.82 Å². The Bertz CT molecular complexity index is 783. The number of carbonyl (C=O) groups excluding carboxylic acids is 1. The Hall–Kier alpha value is -2.82. The van der Waals surface area contributed by atoms with Crippen molar-refractivity contribution in [2.75, 3.05) is 4.90 Å². The Morgan fingerprint density at radius 1 is 1.12 bits per heavy atom. The average molecular weight is 352 g/mol. The highest BCUT2D eigenvalue weighted by Gasteiger charge is 2.29. The fourth-order valence-electron chi connectivity index (χ4n) is 3.46. The number of aromatic hydroxyl groups is 2. The molecule has 0 spiro atoms. The van der Waals surface area contributed by atoms with Gasteiger partial charge in [-0.15, -0.1) is 0 Å². The quantitative estimate of drug-likeness (QED) is 0.631. The minimum Gasteiger partial charge on any atom is -0.504 e. The smallest absolute Gasteiger partial charge is 0.255 e. The summed E-state index contributed by atoms with van der Waals surface area (Å²) < 4.78 is 0. The van der Waals surface area contributed by atoms with E-state index in [0.717, 1.165) is 31.2 Å². The van der Waals surface area contributed by atoms with Crippen LogP contribution in [-0.2, 0) is 11.2 Å². The molecule has 1 amide bonds. The number of phenols is 2. The number of hydrogen-bond donors (Lipinski definition) is 2. The average Bonchev–Trinajstić information content (AvgIpc) is 2.66. The van der Waals surface area contributed by atoms with Gasteiger partial charge in [-0.3, -0.25) is 9.69 Å². The summed E-state index contributed by atoms with van der Waals surface area (Å²) in [6.45, 7) is 3.98. The Morgan fingerprint density at radius 3 is 2.54 bits per heavy atom. The highest BCUT2D eigenvalue weighted by atomic mass is 16.3. The topological polar surface area (TPSA) is 73.7 Å². The first-order chi connectivity index (χ1) is 12.6. The van der Waals surface area contributed by atoms with Crippen LogP contribution in [0, 0.1) is 0 Å². The van der Waals surface area contributed by atoms with E-state index in [1.165, 1.54) is 18.6 Å². The standard InChI is InChI=1S/C21H24N2O3/c1-15(13-16-10-11-18(24)19(25)14-16)21(26)23(17-7-3-2-4-8-17)20-9-5-6-12-22-20/h5-6,9-12,14,17,24-25H,1-4,7-8,13H2. The van der Waals surface area contributed by atoms with Gasteiger partial charge < -0.3 is 10.2 Å². The van der Waals surface area contributed by atoms with Crippen LogP contribution in [0.15, 0.2) is 54.7 Å². The number of nitrogens with zero attached hydrogens (tertiary/aromatic N) is 2. The zero-order valence-electron chi connectivity index (χ0n) is 14.8. The number of hydrogen-bond acceptors (Lipinski definition) is 4. The van der Waals surface area contributed by atoms with Crippen LogP contribution in [0.1, 0.15) is 37.7 Å². The summed E-state index contributed by atoms with van der Waals surface area (Å²) in [6, 6.07) is 10.3. The molecule has 1 aromatic carbocycles. The van der Waals surface area contributed by atoms with Crippen LogP contribution in [0.5, 0.6) is 11.5 Å². The normalized spacial score (nSPS) is 14.8. The fourth-order valence-corrected chi connectivity index (χ4v) is 3.46. The van der Waals surface area contributed by atoms with Gasteiger partial charge in [0, 0.05) is 24.2 Å². The van der Waals surface area contributed by atoms with Gasteiger partial charge in [0.25, 0.3) is 5.91 Å². The predicted octanol–water partition coefficient (Wildman–Crippen LogP) is 3.96. The lowest BCUT2D eigenvalue weighted by molar-refractivity contribution is -0.115. The number of anilines is 1. The maximum atomic E-state index is 13.2. The van der Waals surface area contributed by atoms with Crippen molar-refractivity contribution in [2.45, 2.75) is 44.6 Å². The number of carbonyl (C=O) groups is 1. The van der Waals surface area contributed by atoms with E-state index in [2.05, 4.69) is 11.6 Å². The monoisotopic (exact) mass is 352 g/mol. The van der Waals surface area contributed by atoms with Crippen molar-refractivity contribution in [1.82, 2.24) is 4.98 Å². The summed E-state index contributed by atoms with van der Waals surface area (Å²) in [7, 11) is 0. The van der Waals surface area contributed by atoms with Gasteiger partial charge >= 0.3 is 0 Å². The molecule has 0 aliphatic heterocycles. The number of aromatic nitrogens is 1. The zero-order chi connectivity index (χ0) is 18.5. The first kappa shape index (κ1) is 18.0. The van der Waals surface area contributed by atoms with E-state index in [4.69, 9.17) is 0 Å². The van der Waals surface area contributed by atoms with Crippen LogP contribution >= 0.6 is 0 Å². The van der Waals surface area contributed by atoms with Crippen LogP contribution in [0.25, 0.3) is 0 Å². The SMILES string of the molecule is C=C(Cc1ccc(O)c(O)c1)C(=O)N(c1ccccn1)C1CCCCC1. The van der Waals surface area contributed by atoms with Crippen molar-refractivity contribution in [3.63, 3.8) is 0 Å². The van der Waals surface area contributed by atoms with E-state index in [1.807, 2.05) is 18.2 Å². The lowest BCUT2D eigenvalue weighted by Crippen LogP contribution is -2.43. The minimum absolute atomic E-state index is 0.135. The first-order valence-electron chi connectivity index (χ1n) is 8.99. The van der Waals surface area contributed by atoms with Gasteiger partial charge in [-0.25, -0.2) is 4.98 Å². The van der Waals surface area contributed by atoms with E-state index in [9.17, 15) is 15.0 Å². The van der Waals surface area contributed by atoms with E-state index in [0.29, 0.717) is 17.8 Å². The van der Waals surface area contributed by atoms with E-state index >= 15 is 0 Å². The number of amides is 1. The lowest BCUT2D eigenvalue weighted by Gasteiger charge is -2.34. The van der Waals surface area contributed by atoms with Crippen LogP contribution in [-0.4, -0.2) is 27.1 Å². The summed E-state index contributed by atoms with van der Waals surface area (Å²) in [5.41, 5.74) is 1.16. The predicted molar refractivity (Wildman–Crippen MR) is 101 cm³/mol. The lowest BCUT2D eigenvalue weighted by atomic mass is 9.93. The van der Waals surface area contributed by atoms with Gasteiger partial charge in [-0.05, 0) is 42.7 Å². The van der Waals surface area contributed by atoms with Crippen LogP contribution in [0.3, 0.4) is 0 Å². The maximum absolute atomic E-state index is 13.2. The van der Waals surface area contributed by atoms with Gasteiger partial charge in [-0.2, -0.15) is 0 Å². The molecule has 136 valence electrons. The zero-order valence-corrected chi connectivity index (χ0v) is 14.8. The number of phenolic OH excluding ortho intramolecular Hbond substituents is 2. The van der Waals surface area contributed by atoms with Crippen molar-refractivity contribution in [3.8, 4) is 11.5 Å². The molecule has 0 unspecified atom stereocenters. The molecule has 1 heterocycles. The Kier molecular flexibility index (Phi) is 5.56. The highest BCUT2D eigenvalue weighted by molar-refractivity contribution is 6.05. The molecule has 2 N–H and O–H groups in total. The maximum Gasteiger partial charge on any atom is 0.255 e. The Morgan fingerprint density at radius 2 is 1.88 bits per heavy atom. The summed E-state index contributed by atoms with van der Waals surface area (Å²) in [5, 5.41) is 19.1. The number of benzene rings is 1. The van der Waals surface area contributed by atoms with E-state index < -0.39 is 0 Å². The van der Waals surface area contributed by atoms with Crippen molar-refractivity contribution >= 4 is 11.7 Å². The molecule has 1 aromatic heterocycles. The third-order valence-corrected chi connectivity index (χ3v) is 4.81. The molecule has 0 radical (unpaired) electrons. The number of rotatable bonds is 5. The second-order valence-electron chi connectivity index (χ2n) is 6.76. The fraction of sp³-hybridized carbons (Fsp3) is 0.333. The molecular formula is C21H24N2O3. The molecule has 5 heteroatoms. The molecule has 0 atom stereocenters. The molecule has 3 rings (SSSR count). The molecule has 1 aliphatic rings. The van der Waals surface area contributed by atoms with Crippen molar-refractivity contribution < 1.29 is 15.0 Å². The third kappa shape index (κ3) is 4.04. The largest absolute Gasteiger partial charge is 0.504 e. The van der Waals surface area contributed by atoms with Gasteiger partial charge in [0.15, 0.2) is 11.5 Å². The molecule has 0 saturated heterocycles. The summed E-state index contributed by atoms with van der Waals surface area (Å²) in [6.07, 6.45) is 7.36. The molecule has 1 aliphatic carbocycles. The summed E-state index contributed by atoms with van der Waals surface area (Å²) >= 11 is 0. The molecule has 1 fully saturated rings. The van der Waals surface area contributed by atoms with Crippen LogP contribution in [0.4, 0.5) is 5.82 Å². The summed E-state index contributed by atoms with van der Waals surface area (Å²) in [5.74, 6) is 0.141. The van der Waals surface area contributed by atoms with Crippen molar-refractivity contribution in [1.29, 1.82) is 0 Å². The molecule has 26 heavy (non-hydrogen) atoms. The van der Waals surface area contributed by atoms with Gasteiger partial charge in [0.2, 0.25) is 0 Å². The molecule has 1 saturated carbocycles. The number of pyridine rings is 1.